The molecule has 1 aliphatic rings. The number of benzene rings is 1. The Morgan fingerprint density at radius 2 is 2.21 bits per heavy atom. The molecule has 0 N–H and O–H groups in total. The number of aryl methyl sites for hydroxylation is 1. The summed E-state index contributed by atoms with van der Waals surface area (Å²) in [7, 11) is 0. The van der Waals surface area contributed by atoms with Crippen LogP contribution in [0.3, 0.4) is 0 Å². The summed E-state index contributed by atoms with van der Waals surface area (Å²) in [6, 6.07) is 7.50. The number of ether oxygens (including phenoxy) is 1. The van der Waals surface area contributed by atoms with Gasteiger partial charge in [0.05, 0.1) is 11.3 Å². The van der Waals surface area contributed by atoms with Gasteiger partial charge in [-0.15, -0.1) is 0 Å². The SMILES string of the molecule is O=C(COc1ccccc1Cl)N1CCCC[C@@H]1CCn1ccnc1. The largest absolute Gasteiger partial charge is 0.482 e. The van der Waals surface area contributed by atoms with E-state index >= 15 is 0 Å². The molecule has 5 nitrogen and oxygen atoms in total. The molecule has 1 aromatic heterocycles. The second kappa shape index (κ2) is 8.20. The van der Waals surface area contributed by atoms with Crippen LogP contribution >= 0.6 is 11.6 Å². The van der Waals surface area contributed by atoms with Crippen LogP contribution in [0.5, 0.6) is 5.75 Å². The summed E-state index contributed by atoms with van der Waals surface area (Å²) in [6.45, 7) is 1.71. The first-order chi connectivity index (χ1) is 11.7. The molecule has 1 atom stereocenters. The molecular weight excluding hydrogens is 326 g/mol. The van der Waals surface area contributed by atoms with E-state index < -0.39 is 0 Å². The lowest BCUT2D eigenvalue weighted by Gasteiger charge is -2.36. The number of carbonyl (C=O) groups excluding carboxylic acids is 1. The van der Waals surface area contributed by atoms with E-state index in [4.69, 9.17) is 16.3 Å². The summed E-state index contributed by atoms with van der Waals surface area (Å²) in [5, 5.41) is 0.528. The normalized spacial score (nSPS) is 17.7. The monoisotopic (exact) mass is 347 g/mol. The Morgan fingerprint density at radius 1 is 1.33 bits per heavy atom. The van der Waals surface area contributed by atoms with Crippen molar-refractivity contribution in [2.45, 2.75) is 38.3 Å². The van der Waals surface area contributed by atoms with Crippen molar-refractivity contribution in [2.75, 3.05) is 13.2 Å². The molecule has 0 spiro atoms. The third kappa shape index (κ3) is 4.29. The predicted molar refractivity (Wildman–Crippen MR) is 93.1 cm³/mol. The van der Waals surface area contributed by atoms with Crippen molar-refractivity contribution in [1.29, 1.82) is 0 Å². The minimum atomic E-state index is 0.0326. The van der Waals surface area contributed by atoms with E-state index in [9.17, 15) is 4.79 Å². The van der Waals surface area contributed by atoms with Crippen LogP contribution in [0.1, 0.15) is 25.7 Å². The Kier molecular flexibility index (Phi) is 5.75. The second-order valence-corrected chi connectivity index (χ2v) is 6.45. The van der Waals surface area contributed by atoms with Crippen molar-refractivity contribution in [3.8, 4) is 5.75 Å². The lowest BCUT2D eigenvalue weighted by Crippen LogP contribution is -2.46. The number of para-hydroxylation sites is 1. The smallest absolute Gasteiger partial charge is 0.260 e. The maximum atomic E-state index is 12.6. The van der Waals surface area contributed by atoms with Gasteiger partial charge in [-0.2, -0.15) is 0 Å². The average molecular weight is 348 g/mol. The van der Waals surface area contributed by atoms with Gasteiger partial charge in [-0.3, -0.25) is 4.79 Å². The molecule has 0 saturated carbocycles. The highest BCUT2D eigenvalue weighted by atomic mass is 35.5. The number of hydrogen-bond donors (Lipinski definition) is 0. The van der Waals surface area contributed by atoms with Crippen LogP contribution in [0.15, 0.2) is 43.0 Å². The number of hydrogen-bond acceptors (Lipinski definition) is 3. The number of amides is 1. The topological polar surface area (TPSA) is 47.4 Å². The lowest BCUT2D eigenvalue weighted by atomic mass is 9.99. The zero-order chi connectivity index (χ0) is 16.8. The second-order valence-electron chi connectivity index (χ2n) is 6.05. The Morgan fingerprint density at radius 3 is 3.00 bits per heavy atom. The number of nitrogens with zero attached hydrogens (tertiary/aromatic N) is 3. The number of carbonyl (C=O) groups is 1. The van der Waals surface area contributed by atoms with E-state index in [1.807, 2.05) is 29.6 Å². The third-order valence-corrected chi connectivity index (χ3v) is 4.73. The molecule has 1 fully saturated rings. The summed E-state index contributed by atoms with van der Waals surface area (Å²) in [5.41, 5.74) is 0. The number of halogens is 1. The minimum Gasteiger partial charge on any atom is -0.482 e. The summed E-state index contributed by atoms with van der Waals surface area (Å²) in [6.07, 6.45) is 9.76. The molecule has 0 unspecified atom stereocenters. The fourth-order valence-electron chi connectivity index (χ4n) is 3.13. The van der Waals surface area contributed by atoms with Gasteiger partial charge >= 0.3 is 0 Å². The van der Waals surface area contributed by atoms with E-state index in [-0.39, 0.29) is 18.6 Å². The molecule has 24 heavy (non-hydrogen) atoms. The Balaban J connectivity index is 1.55. The maximum absolute atomic E-state index is 12.6. The van der Waals surface area contributed by atoms with Crippen molar-refractivity contribution in [2.24, 2.45) is 0 Å². The summed E-state index contributed by atoms with van der Waals surface area (Å²) in [5.74, 6) is 0.588. The van der Waals surface area contributed by atoms with Crippen molar-refractivity contribution in [3.05, 3.63) is 48.0 Å². The first-order valence-electron chi connectivity index (χ1n) is 8.36. The molecular formula is C18H22ClN3O2. The zero-order valence-electron chi connectivity index (χ0n) is 13.6. The van der Waals surface area contributed by atoms with Crippen molar-refractivity contribution < 1.29 is 9.53 Å². The summed E-state index contributed by atoms with van der Waals surface area (Å²) < 4.78 is 7.67. The van der Waals surface area contributed by atoms with Crippen LogP contribution in [0.2, 0.25) is 5.02 Å². The molecule has 2 aromatic rings. The lowest BCUT2D eigenvalue weighted by molar-refractivity contribution is -0.137. The fraction of sp³-hybridized carbons (Fsp3) is 0.444. The Labute approximate surface area is 147 Å². The highest BCUT2D eigenvalue weighted by molar-refractivity contribution is 6.32. The summed E-state index contributed by atoms with van der Waals surface area (Å²) in [4.78, 5) is 18.6. The van der Waals surface area contributed by atoms with Crippen LogP contribution in [0.25, 0.3) is 0 Å². The van der Waals surface area contributed by atoms with Gasteiger partial charge in [0.1, 0.15) is 5.75 Å². The van der Waals surface area contributed by atoms with Gasteiger partial charge in [0.15, 0.2) is 6.61 Å². The molecule has 2 heterocycles. The molecule has 1 amide bonds. The van der Waals surface area contributed by atoms with E-state index in [0.717, 1.165) is 32.4 Å². The first kappa shape index (κ1) is 16.8. The molecule has 0 bridgehead atoms. The highest BCUT2D eigenvalue weighted by Crippen LogP contribution is 2.24. The Bertz CT molecular complexity index is 660. The van der Waals surface area contributed by atoms with E-state index in [1.165, 1.54) is 6.42 Å². The van der Waals surface area contributed by atoms with Gasteiger partial charge in [-0.25, -0.2) is 4.98 Å². The van der Waals surface area contributed by atoms with Gasteiger partial charge in [0, 0.05) is 31.5 Å². The summed E-state index contributed by atoms with van der Waals surface area (Å²) >= 11 is 6.07. The molecule has 1 saturated heterocycles. The average Bonchev–Trinajstić information content (AvgIpc) is 3.13. The number of piperidine rings is 1. The maximum Gasteiger partial charge on any atom is 0.260 e. The van der Waals surface area contributed by atoms with Crippen molar-refractivity contribution >= 4 is 17.5 Å². The third-order valence-electron chi connectivity index (χ3n) is 4.41. The number of likely N-dealkylation sites (tertiary alicyclic amines) is 1. The van der Waals surface area contributed by atoms with E-state index in [1.54, 1.807) is 18.3 Å². The van der Waals surface area contributed by atoms with Crippen LogP contribution in [0.4, 0.5) is 0 Å². The molecule has 6 heteroatoms. The molecule has 1 aliphatic heterocycles. The van der Waals surface area contributed by atoms with Gasteiger partial charge < -0.3 is 14.2 Å². The molecule has 0 aliphatic carbocycles. The van der Waals surface area contributed by atoms with Crippen LogP contribution < -0.4 is 4.74 Å². The van der Waals surface area contributed by atoms with Crippen molar-refractivity contribution in [1.82, 2.24) is 14.5 Å². The number of aromatic nitrogens is 2. The van der Waals surface area contributed by atoms with Gasteiger partial charge in [-0.05, 0) is 37.8 Å². The van der Waals surface area contributed by atoms with Gasteiger partial charge in [-0.1, -0.05) is 23.7 Å². The van der Waals surface area contributed by atoms with Crippen molar-refractivity contribution in [3.63, 3.8) is 0 Å². The van der Waals surface area contributed by atoms with Crippen LogP contribution in [-0.4, -0.2) is 39.6 Å². The molecule has 3 rings (SSSR count). The fourth-order valence-corrected chi connectivity index (χ4v) is 3.32. The first-order valence-corrected chi connectivity index (χ1v) is 8.74. The number of rotatable bonds is 6. The quantitative estimate of drug-likeness (QED) is 0.804. The molecule has 0 radical (unpaired) electrons. The van der Waals surface area contributed by atoms with Gasteiger partial charge in [0.25, 0.3) is 5.91 Å². The van der Waals surface area contributed by atoms with E-state index in [2.05, 4.69) is 9.55 Å². The van der Waals surface area contributed by atoms with E-state index in [0.29, 0.717) is 10.8 Å². The van der Waals surface area contributed by atoms with Crippen LogP contribution in [-0.2, 0) is 11.3 Å². The zero-order valence-corrected chi connectivity index (χ0v) is 14.4. The highest BCUT2D eigenvalue weighted by Gasteiger charge is 2.26. The minimum absolute atomic E-state index is 0.0326. The van der Waals surface area contributed by atoms with Crippen LogP contribution in [0, 0.1) is 0 Å². The Hall–Kier alpha value is -2.01. The molecule has 1 aromatic carbocycles. The predicted octanol–water partition coefficient (Wildman–Crippen LogP) is 3.39. The number of imidazole rings is 1. The van der Waals surface area contributed by atoms with Gasteiger partial charge in [0.2, 0.25) is 0 Å². The molecule has 128 valence electrons. The standard InChI is InChI=1S/C18H22ClN3O2/c19-16-6-1-2-7-17(16)24-13-18(23)22-10-4-3-5-15(22)8-11-21-12-9-20-14-21/h1-2,6-7,9,12,14-15H,3-5,8,10-11,13H2/t15-/m1/s1.